The average Bonchev–Trinajstić information content (AvgIpc) is 2.63. The second-order valence-electron chi connectivity index (χ2n) is 3.87. The van der Waals surface area contributed by atoms with E-state index in [0.29, 0.717) is 18.0 Å². The number of carbonyl (C=O) groups excluding carboxylic acids is 1. The molecule has 7 nitrogen and oxygen atoms in total. The highest BCUT2D eigenvalue weighted by Crippen LogP contribution is 2.11. The Kier molecular flexibility index (Phi) is 4.70. The van der Waals surface area contributed by atoms with Crippen LogP contribution >= 0.6 is 0 Å². The largest absolute Gasteiger partial charge is 0.480 e. The highest BCUT2D eigenvalue weighted by molar-refractivity contribution is 5.80. The van der Waals surface area contributed by atoms with Crippen molar-refractivity contribution in [3.63, 3.8) is 0 Å². The van der Waals surface area contributed by atoms with E-state index in [0.717, 1.165) is 5.56 Å². The summed E-state index contributed by atoms with van der Waals surface area (Å²) in [5.41, 5.74) is 1.53. The van der Waals surface area contributed by atoms with E-state index < -0.39 is 12.0 Å². The second kappa shape index (κ2) is 6.04. The van der Waals surface area contributed by atoms with Gasteiger partial charge in [0, 0.05) is 18.7 Å². The number of carboxylic acids is 1. The predicted molar refractivity (Wildman–Crippen MR) is 63.1 cm³/mol. The van der Waals surface area contributed by atoms with Gasteiger partial charge in [0.25, 0.3) is 0 Å². The van der Waals surface area contributed by atoms with Crippen LogP contribution in [-0.4, -0.2) is 40.3 Å². The second-order valence-corrected chi connectivity index (χ2v) is 3.87. The molecule has 0 aliphatic carbocycles. The van der Waals surface area contributed by atoms with Gasteiger partial charge in [0.05, 0.1) is 5.69 Å². The zero-order chi connectivity index (χ0) is 13.7. The van der Waals surface area contributed by atoms with Crippen LogP contribution in [0.15, 0.2) is 4.52 Å². The fraction of sp³-hybridized carbons (Fsp3) is 0.545. The first-order chi connectivity index (χ1) is 8.45. The molecule has 0 atom stereocenters. The lowest BCUT2D eigenvalue weighted by molar-refractivity contribution is -0.137. The maximum atomic E-state index is 11.7. The summed E-state index contributed by atoms with van der Waals surface area (Å²) in [7, 11) is 0. The minimum absolute atomic E-state index is 0.274. The number of carbonyl (C=O) groups is 2. The van der Waals surface area contributed by atoms with E-state index in [2.05, 4.69) is 10.5 Å². The Morgan fingerprint density at radius 1 is 1.44 bits per heavy atom. The fourth-order valence-corrected chi connectivity index (χ4v) is 1.52. The van der Waals surface area contributed by atoms with Crippen LogP contribution in [0.5, 0.6) is 0 Å². The smallest absolute Gasteiger partial charge is 0.323 e. The molecular weight excluding hydrogens is 238 g/mol. The fourth-order valence-electron chi connectivity index (χ4n) is 1.52. The van der Waals surface area contributed by atoms with Crippen LogP contribution < -0.4 is 5.32 Å². The summed E-state index contributed by atoms with van der Waals surface area (Å²) in [4.78, 5) is 23.5. The zero-order valence-electron chi connectivity index (χ0n) is 10.7. The molecule has 0 unspecified atom stereocenters. The molecule has 2 amide bonds. The van der Waals surface area contributed by atoms with Gasteiger partial charge in [-0.2, -0.15) is 0 Å². The Labute approximate surface area is 105 Å². The number of nitrogens with zero attached hydrogens (tertiary/aromatic N) is 2. The Bertz CT molecular complexity index is 422. The van der Waals surface area contributed by atoms with Crippen LogP contribution in [0.1, 0.15) is 23.9 Å². The number of likely N-dealkylation sites (N-methyl/N-ethyl adjacent to an activating group) is 1. The Morgan fingerprint density at radius 2 is 2.11 bits per heavy atom. The summed E-state index contributed by atoms with van der Waals surface area (Å²) >= 11 is 0. The monoisotopic (exact) mass is 255 g/mol. The lowest BCUT2D eigenvalue weighted by Gasteiger charge is -2.18. The minimum Gasteiger partial charge on any atom is -0.480 e. The molecule has 0 bridgehead atoms. The van der Waals surface area contributed by atoms with Crippen molar-refractivity contribution in [3.8, 4) is 0 Å². The van der Waals surface area contributed by atoms with Gasteiger partial charge >= 0.3 is 12.0 Å². The van der Waals surface area contributed by atoms with Crippen molar-refractivity contribution >= 4 is 12.0 Å². The number of amides is 2. The molecule has 0 radical (unpaired) electrons. The maximum absolute atomic E-state index is 11.7. The van der Waals surface area contributed by atoms with Gasteiger partial charge in [-0.05, 0) is 20.8 Å². The van der Waals surface area contributed by atoms with Crippen molar-refractivity contribution in [1.82, 2.24) is 15.4 Å². The number of nitrogens with one attached hydrogen (secondary N) is 1. The Hall–Kier alpha value is -2.05. The molecule has 1 aromatic heterocycles. The molecule has 7 heteroatoms. The van der Waals surface area contributed by atoms with E-state index in [9.17, 15) is 9.59 Å². The first kappa shape index (κ1) is 14.0. The summed E-state index contributed by atoms with van der Waals surface area (Å²) in [5.74, 6) is -0.390. The van der Waals surface area contributed by atoms with Crippen LogP contribution in [0.25, 0.3) is 0 Å². The average molecular weight is 255 g/mol. The van der Waals surface area contributed by atoms with Crippen LogP contribution in [0.2, 0.25) is 0 Å². The van der Waals surface area contributed by atoms with E-state index in [-0.39, 0.29) is 13.1 Å². The Morgan fingerprint density at radius 3 is 2.56 bits per heavy atom. The van der Waals surface area contributed by atoms with Crippen molar-refractivity contribution in [2.45, 2.75) is 27.3 Å². The van der Waals surface area contributed by atoms with Crippen molar-refractivity contribution in [1.29, 1.82) is 0 Å². The van der Waals surface area contributed by atoms with E-state index in [4.69, 9.17) is 9.63 Å². The van der Waals surface area contributed by atoms with Crippen molar-refractivity contribution < 1.29 is 19.2 Å². The quantitative estimate of drug-likeness (QED) is 0.815. The summed E-state index contributed by atoms with van der Waals surface area (Å²) in [6.07, 6.45) is 0. The highest BCUT2D eigenvalue weighted by atomic mass is 16.5. The van der Waals surface area contributed by atoms with E-state index in [1.165, 1.54) is 4.90 Å². The molecule has 0 aliphatic rings. The molecule has 2 N–H and O–H groups in total. The van der Waals surface area contributed by atoms with Crippen LogP contribution in [0.3, 0.4) is 0 Å². The van der Waals surface area contributed by atoms with Gasteiger partial charge in [-0.1, -0.05) is 5.16 Å². The standard InChI is InChI=1S/C11H17N3O4/c1-4-14(6-10(15)16)11(17)12-5-9-7(2)13-18-8(9)3/h4-6H2,1-3H3,(H,12,17)(H,15,16). The van der Waals surface area contributed by atoms with Gasteiger partial charge in [-0.3, -0.25) is 4.79 Å². The predicted octanol–water partition coefficient (Wildman–Crippen LogP) is 0.908. The first-order valence-corrected chi connectivity index (χ1v) is 5.62. The lowest BCUT2D eigenvalue weighted by atomic mass is 10.2. The van der Waals surface area contributed by atoms with Gasteiger partial charge in [-0.15, -0.1) is 0 Å². The molecular formula is C11H17N3O4. The molecule has 0 aliphatic heterocycles. The van der Waals surface area contributed by atoms with E-state index in [1.54, 1.807) is 20.8 Å². The molecule has 1 rings (SSSR count). The molecule has 0 aromatic carbocycles. The number of aryl methyl sites for hydroxylation is 2. The third kappa shape index (κ3) is 3.47. The van der Waals surface area contributed by atoms with Gasteiger partial charge in [0.15, 0.2) is 0 Å². The van der Waals surface area contributed by atoms with Crippen molar-refractivity contribution in [2.24, 2.45) is 0 Å². The SMILES string of the molecule is CCN(CC(=O)O)C(=O)NCc1c(C)noc1C. The molecule has 100 valence electrons. The number of hydrogen-bond donors (Lipinski definition) is 2. The number of rotatable bonds is 5. The molecule has 0 saturated heterocycles. The maximum Gasteiger partial charge on any atom is 0.323 e. The molecule has 0 spiro atoms. The Balaban J connectivity index is 2.57. The first-order valence-electron chi connectivity index (χ1n) is 5.62. The van der Waals surface area contributed by atoms with Crippen molar-refractivity contribution in [2.75, 3.05) is 13.1 Å². The lowest BCUT2D eigenvalue weighted by Crippen LogP contribution is -2.42. The minimum atomic E-state index is -1.04. The molecule has 1 heterocycles. The summed E-state index contributed by atoms with van der Waals surface area (Å²) in [5, 5.41) is 15.1. The summed E-state index contributed by atoms with van der Waals surface area (Å²) in [6, 6.07) is -0.417. The van der Waals surface area contributed by atoms with Gasteiger partial charge in [0.1, 0.15) is 12.3 Å². The van der Waals surface area contributed by atoms with E-state index in [1.807, 2.05) is 0 Å². The number of aromatic nitrogens is 1. The van der Waals surface area contributed by atoms with E-state index >= 15 is 0 Å². The number of urea groups is 1. The highest BCUT2D eigenvalue weighted by Gasteiger charge is 2.16. The number of aliphatic carboxylic acids is 1. The van der Waals surface area contributed by atoms with Gasteiger partial charge < -0.3 is 19.8 Å². The van der Waals surface area contributed by atoms with Gasteiger partial charge in [-0.25, -0.2) is 4.79 Å². The van der Waals surface area contributed by atoms with Crippen molar-refractivity contribution in [3.05, 3.63) is 17.0 Å². The van der Waals surface area contributed by atoms with Crippen LogP contribution in [0.4, 0.5) is 4.79 Å². The molecule has 18 heavy (non-hydrogen) atoms. The third-order valence-electron chi connectivity index (χ3n) is 2.59. The zero-order valence-corrected chi connectivity index (χ0v) is 10.7. The number of carboxylic acid groups (broad SMARTS) is 1. The van der Waals surface area contributed by atoms with Crippen LogP contribution in [0, 0.1) is 13.8 Å². The molecule has 0 saturated carbocycles. The summed E-state index contributed by atoms with van der Waals surface area (Å²) < 4.78 is 4.97. The topological polar surface area (TPSA) is 95.7 Å². The third-order valence-corrected chi connectivity index (χ3v) is 2.59. The number of hydrogen-bond acceptors (Lipinski definition) is 4. The normalized spacial score (nSPS) is 10.2. The van der Waals surface area contributed by atoms with Gasteiger partial charge in [0.2, 0.25) is 0 Å². The molecule has 0 fully saturated rings. The summed E-state index contributed by atoms with van der Waals surface area (Å²) in [6.45, 7) is 5.56. The van der Waals surface area contributed by atoms with Crippen LogP contribution in [-0.2, 0) is 11.3 Å². The molecule has 1 aromatic rings.